The second-order valence-corrected chi connectivity index (χ2v) is 4.68. The highest BCUT2D eigenvalue weighted by molar-refractivity contribution is 9.10. The molecule has 1 heterocycles. The second-order valence-electron chi connectivity index (χ2n) is 3.93. The van der Waals surface area contributed by atoms with Crippen LogP contribution >= 0.6 is 15.9 Å². The third-order valence-electron chi connectivity index (χ3n) is 2.85. The number of halogens is 1. The highest BCUT2D eigenvalue weighted by Gasteiger charge is 2.20. The standard InChI is InChI=1S/C12H12BrN3O/c1-7-5-4-6-9(8(7)2)11(17)10-12(13)14-15-16(10)3/h4-6H,1-3H3. The van der Waals surface area contributed by atoms with Crippen molar-refractivity contribution in [3.05, 3.63) is 45.2 Å². The summed E-state index contributed by atoms with van der Waals surface area (Å²) in [5.74, 6) is -0.0643. The molecule has 0 aliphatic rings. The molecule has 1 aromatic carbocycles. The lowest BCUT2D eigenvalue weighted by molar-refractivity contribution is 0.102. The minimum Gasteiger partial charge on any atom is -0.287 e. The Hall–Kier alpha value is -1.49. The zero-order valence-corrected chi connectivity index (χ0v) is 11.4. The van der Waals surface area contributed by atoms with E-state index >= 15 is 0 Å². The Morgan fingerprint density at radius 3 is 2.65 bits per heavy atom. The van der Waals surface area contributed by atoms with Gasteiger partial charge in [0, 0.05) is 12.6 Å². The monoisotopic (exact) mass is 293 g/mol. The molecule has 2 rings (SSSR count). The van der Waals surface area contributed by atoms with Crippen LogP contribution in [-0.4, -0.2) is 20.8 Å². The molecule has 0 aliphatic carbocycles. The molecular weight excluding hydrogens is 282 g/mol. The maximum atomic E-state index is 12.4. The highest BCUT2D eigenvalue weighted by Crippen LogP contribution is 2.20. The number of ketones is 1. The number of rotatable bonds is 2. The molecule has 5 heteroatoms. The summed E-state index contributed by atoms with van der Waals surface area (Å²) in [5.41, 5.74) is 3.25. The highest BCUT2D eigenvalue weighted by atomic mass is 79.9. The number of carbonyl (C=O) groups excluding carboxylic acids is 1. The number of aryl methyl sites for hydroxylation is 2. The van der Waals surface area contributed by atoms with E-state index in [0.717, 1.165) is 11.1 Å². The topological polar surface area (TPSA) is 47.8 Å². The van der Waals surface area contributed by atoms with E-state index in [4.69, 9.17) is 0 Å². The third-order valence-corrected chi connectivity index (χ3v) is 3.38. The van der Waals surface area contributed by atoms with E-state index < -0.39 is 0 Å². The summed E-state index contributed by atoms with van der Waals surface area (Å²) in [4.78, 5) is 12.4. The number of hydrogen-bond donors (Lipinski definition) is 0. The number of benzene rings is 1. The van der Waals surface area contributed by atoms with Crippen molar-refractivity contribution >= 4 is 21.7 Å². The summed E-state index contributed by atoms with van der Waals surface area (Å²) < 4.78 is 1.96. The zero-order valence-electron chi connectivity index (χ0n) is 9.86. The predicted molar refractivity (Wildman–Crippen MR) is 68.1 cm³/mol. The van der Waals surface area contributed by atoms with E-state index in [1.54, 1.807) is 7.05 Å². The predicted octanol–water partition coefficient (Wildman–Crippen LogP) is 2.43. The van der Waals surface area contributed by atoms with Crippen LogP contribution in [0.4, 0.5) is 0 Å². The molecule has 2 aromatic rings. The Bertz CT molecular complexity index is 570. The van der Waals surface area contributed by atoms with E-state index in [9.17, 15) is 4.79 Å². The number of carbonyl (C=O) groups is 1. The van der Waals surface area contributed by atoms with Gasteiger partial charge in [0.05, 0.1) is 0 Å². The summed E-state index contributed by atoms with van der Waals surface area (Å²) >= 11 is 3.24. The zero-order chi connectivity index (χ0) is 12.6. The Morgan fingerprint density at radius 1 is 1.35 bits per heavy atom. The average Bonchev–Trinajstić information content (AvgIpc) is 2.62. The molecule has 0 bridgehead atoms. The van der Waals surface area contributed by atoms with Crippen molar-refractivity contribution in [2.24, 2.45) is 7.05 Å². The molecule has 17 heavy (non-hydrogen) atoms. The molecule has 0 N–H and O–H groups in total. The molecule has 0 saturated carbocycles. The maximum Gasteiger partial charge on any atom is 0.214 e. The van der Waals surface area contributed by atoms with Crippen molar-refractivity contribution in [3.63, 3.8) is 0 Å². The second kappa shape index (κ2) is 4.41. The molecule has 4 nitrogen and oxygen atoms in total. The van der Waals surface area contributed by atoms with E-state index in [1.165, 1.54) is 4.68 Å². The molecule has 0 amide bonds. The van der Waals surface area contributed by atoms with E-state index in [-0.39, 0.29) is 5.78 Å². The first-order valence-electron chi connectivity index (χ1n) is 5.18. The molecule has 0 atom stereocenters. The van der Waals surface area contributed by atoms with Gasteiger partial charge in [0.25, 0.3) is 0 Å². The molecule has 88 valence electrons. The summed E-state index contributed by atoms with van der Waals surface area (Å²) in [6.45, 7) is 3.93. The van der Waals surface area contributed by atoms with Gasteiger partial charge in [-0.05, 0) is 40.9 Å². The summed E-state index contributed by atoms with van der Waals surface area (Å²) in [6, 6.07) is 5.69. The average molecular weight is 294 g/mol. The minimum absolute atomic E-state index is 0.0643. The Morgan fingerprint density at radius 2 is 2.06 bits per heavy atom. The summed E-state index contributed by atoms with van der Waals surface area (Å²) in [5, 5.41) is 7.64. The lowest BCUT2D eigenvalue weighted by Gasteiger charge is -2.07. The van der Waals surface area contributed by atoms with Gasteiger partial charge < -0.3 is 0 Å². The summed E-state index contributed by atoms with van der Waals surface area (Å²) in [6.07, 6.45) is 0. The van der Waals surface area contributed by atoms with Gasteiger partial charge in [-0.15, -0.1) is 5.10 Å². The third kappa shape index (κ3) is 2.02. The van der Waals surface area contributed by atoms with Crippen molar-refractivity contribution in [2.45, 2.75) is 13.8 Å². The molecule has 1 aromatic heterocycles. The molecular formula is C12H12BrN3O. The van der Waals surface area contributed by atoms with Crippen LogP contribution in [0.3, 0.4) is 0 Å². The first-order valence-corrected chi connectivity index (χ1v) is 5.97. The van der Waals surface area contributed by atoms with Crippen molar-refractivity contribution in [2.75, 3.05) is 0 Å². The van der Waals surface area contributed by atoms with E-state index in [2.05, 4.69) is 26.2 Å². The Labute approximate surface area is 108 Å². The smallest absolute Gasteiger partial charge is 0.214 e. The van der Waals surface area contributed by atoms with Gasteiger partial charge in [-0.2, -0.15) is 0 Å². The quantitative estimate of drug-likeness (QED) is 0.799. The Kier molecular flexibility index (Phi) is 3.11. The van der Waals surface area contributed by atoms with Crippen LogP contribution in [0.2, 0.25) is 0 Å². The fourth-order valence-corrected chi connectivity index (χ4v) is 2.20. The van der Waals surface area contributed by atoms with Gasteiger partial charge in [-0.1, -0.05) is 23.4 Å². The van der Waals surface area contributed by atoms with Crippen LogP contribution in [0.25, 0.3) is 0 Å². The maximum absolute atomic E-state index is 12.4. The first-order chi connectivity index (χ1) is 8.02. The molecule has 0 spiro atoms. The lowest BCUT2D eigenvalue weighted by atomic mass is 9.99. The molecule has 0 radical (unpaired) electrons. The minimum atomic E-state index is -0.0643. The molecule has 0 fully saturated rings. The van der Waals surface area contributed by atoms with Gasteiger partial charge in [-0.25, -0.2) is 4.68 Å². The number of hydrogen-bond acceptors (Lipinski definition) is 3. The van der Waals surface area contributed by atoms with Crippen molar-refractivity contribution in [1.82, 2.24) is 15.0 Å². The molecule has 0 aliphatic heterocycles. The van der Waals surface area contributed by atoms with Gasteiger partial charge in [0.15, 0.2) is 4.60 Å². The van der Waals surface area contributed by atoms with Crippen LogP contribution in [0.1, 0.15) is 27.2 Å². The van der Waals surface area contributed by atoms with Gasteiger partial charge in [0.1, 0.15) is 5.69 Å². The number of nitrogens with zero attached hydrogens (tertiary/aromatic N) is 3. The van der Waals surface area contributed by atoms with E-state index in [1.807, 2.05) is 32.0 Å². The van der Waals surface area contributed by atoms with Crippen LogP contribution in [-0.2, 0) is 7.05 Å². The van der Waals surface area contributed by atoms with Crippen LogP contribution in [0, 0.1) is 13.8 Å². The van der Waals surface area contributed by atoms with E-state index in [0.29, 0.717) is 15.9 Å². The van der Waals surface area contributed by atoms with Crippen molar-refractivity contribution < 1.29 is 4.79 Å². The van der Waals surface area contributed by atoms with Gasteiger partial charge in [-0.3, -0.25) is 4.79 Å². The van der Waals surface area contributed by atoms with Gasteiger partial charge >= 0.3 is 0 Å². The fourth-order valence-electron chi connectivity index (χ4n) is 1.70. The van der Waals surface area contributed by atoms with Crippen LogP contribution < -0.4 is 0 Å². The fraction of sp³-hybridized carbons (Fsp3) is 0.250. The van der Waals surface area contributed by atoms with Gasteiger partial charge in [0.2, 0.25) is 5.78 Å². The normalized spacial score (nSPS) is 10.6. The summed E-state index contributed by atoms with van der Waals surface area (Å²) in [7, 11) is 1.70. The van der Waals surface area contributed by atoms with Crippen LogP contribution in [0.15, 0.2) is 22.8 Å². The van der Waals surface area contributed by atoms with Crippen molar-refractivity contribution in [1.29, 1.82) is 0 Å². The molecule has 0 unspecified atom stereocenters. The number of aromatic nitrogens is 3. The van der Waals surface area contributed by atoms with Crippen LogP contribution in [0.5, 0.6) is 0 Å². The molecule has 0 saturated heterocycles. The Balaban J connectivity index is 2.55. The largest absolute Gasteiger partial charge is 0.287 e. The first kappa shape index (κ1) is 12.0. The SMILES string of the molecule is Cc1cccc(C(=O)c2c(Br)nnn2C)c1C. The lowest BCUT2D eigenvalue weighted by Crippen LogP contribution is -2.10. The van der Waals surface area contributed by atoms with Crippen molar-refractivity contribution in [3.8, 4) is 0 Å².